The maximum Gasteiger partial charge on any atom is 0.343 e. The molecule has 2 aromatic rings. The van der Waals surface area contributed by atoms with E-state index in [2.05, 4.69) is 4.74 Å². The van der Waals surface area contributed by atoms with Crippen LogP contribution in [-0.4, -0.2) is 30.8 Å². The SMILES string of the molecule is COC(=O)COc1cc2ccccc2cc1C(=O)O. The third-order valence-corrected chi connectivity index (χ3v) is 2.65. The minimum atomic E-state index is -1.11. The fourth-order valence-corrected chi connectivity index (χ4v) is 1.70. The van der Waals surface area contributed by atoms with Crippen molar-refractivity contribution in [1.29, 1.82) is 0 Å². The van der Waals surface area contributed by atoms with Crippen LogP contribution in [0, 0.1) is 0 Å². The van der Waals surface area contributed by atoms with E-state index in [0.717, 1.165) is 10.8 Å². The lowest BCUT2D eigenvalue weighted by molar-refractivity contribution is -0.142. The Morgan fingerprint density at radius 1 is 1.16 bits per heavy atom. The highest BCUT2D eigenvalue weighted by atomic mass is 16.6. The topological polar surface area (TPSA) is 72.8 Å². The molecule has 2 rings (SSSR count). The number of carbonyl (C=O) groups is 2. The van der Waals surface area contributed by atoms with Crippen molar-refractivity contribution in [2.75, 3.05) is 13.7 Å². The van der Waals surface area contributed by atoms with E-state index in [4.69, 9.17) is 9.84 Å². The number of carbonyl (C=O) groups excluding carboxylic acids is 1. The smallest absolute Gasteiger partial charge is 0.343 e. The number of carboxylic acids is 1. The molecular weight excluding hydrogens is 248 g/mol. The third kappa shape index (κ3) is 2.82. The number of hydrogen-bond acceptors (Lipinski definition) is 4. The van der Waals surface area contributed by atoms with Crippen molar-refractivity contribution in [3.05, 3.63) is 42.0 Å². The number of benzene rings is 2. The Morgan fingerprint density at radius 2 is 1.79 bits per heavy atom. The van der Waals surface area contributed by atoms with Crippen LogP contribution in [-0.2, 0) is 9.53 Å². The number of hydrogen-bond donors (Lipinski definition) is 1. The van der Waals surface area contributed by atoms with Crippen LogP contribution < -0.4 is 4.74 Å². The van der Waals surface area contributed by atoms with Gasteiger partial charge in [0, 0.05) is 0 Å². The summed E-state index contributed by atoms with van der Waals surface area (Å²) in [6.45, 7) is -0.324. The summed E-state index contributed by atoms with van der Waals surface area (Å²) in [4.78, 5) is 22.2. The molecule has 0 aliphatic heterocycles. The van der Waals surface area contributed by atoms with Gasteiger partial charge < -0.3 is 14.6 Å². The van der Waals surface area contributed by atoms with Gasteiger partial charge in [0.25, 0.3) is 0 Å². The fourth-order valence-electron chi connectivity index (χ4n) is 1.70. The molecule has 1 N–H and O–H groups in total. The lowest BCUT2D eigenvalue weighted by Crippen LogP contribution is -2.14. The van der Waals surface area contributed by atoms with Gasteiger partial charge in [-0.3, -0.25) is 0 Å². The Kier molecular flexibility index (Phi) is 3.66. The predicted octanol–water partition coefficient (Wildman–Crippen LogP) is 2.09. The van der Waals surface area contributed by atoms with Crippen LogP contribution in [0.3, 0.4) is 0 Å². The second-order valence-corrected chi connectivity index (χ2v) is 3.87. The van der Waals surface area contributed by atoms with E-state index in [1.165, 1.54) is 13.2 Å². The number of carboxylic acid groups (broad SMARTS) is 1. The van der Waals surface area contributed by atoms with E-state index < -0.39 is 11.9 Å². The second kappa shape index (κ2) is 5.39. The molecule has 0 saturated carbocycles. The number of fused-ring (bicyclic) bond motifs is 1. The standard InChI is InChI=1S/C14H12O5/c1-18-13(15)8-19-12-7-10-5-3-2-4-9(10)6-11(12)14(16)17/h2-7H,8H2,1H3,(H,16,17). The van der Waals surface area contributed by atoms with Crippen molar-refractivity contribution < 1.29 is 24.2 Å². The number of aromatic carboxylic acids is 1. The highest BCUT2D eigenvalue weighted by Crippen LogP contribution is 2.26. The minimum Gasteiger partial charge on any atom is -0.481 e. The van der Waals surface area contributed by atoms with Crippen molar-refractivity contribution in [3.63, 3.8) is 0 Å². The molecule has 0 unspecified atom stereocenters. The summed E-state index contributed by atoms with van der Waals surface area (Å²) in [6, 6.07) is 10.4. The molecule has 2 aromatic carbocycles. The first-order chi connectivity index (χ1) is 9.11. The van der Waals surface area contributed by atoms with Gasteiger partial charge in [-0.15, -0.1) is 0 Å². The van der Waals surface area contributed by atoms with E-state index in [1.807, 2.05) is 24.3 Å². The van der Waals surface area contributed by atoms with Crippen LogP contribution in [0.15, 0.2) is 36.4 Å². The number of esters is 1. The molecule has 0 amide bonds. The summed E-state index contributed by atoms with van der Waals surface area (Å²) in [6.07, 6.45) is 0. The largest absolute Gasteiger partial charge is 0.481 e. The molecule has 0 atom stereocenters. The van der Waals surface area contributed by atoms with E-state index in [-0.39, 0.29) is 17.9 Å². The normalized spacial score (nSPS) is 10.2. The van der Waals surface area contributed by atoms with Crippen LogP contribution >= 0.6 is 0 Å². The number of rotatable bonds is 4. The third-order valence-electron chi connectivity index (χ3n) is 2.65. The zero-order chi connectivity index (χ0) is 13.8. The second-order valence-electron chi connectivity index (χ2n) is 3.87. The van der Waals surface area contributed by atoms with Crippen molar-refractivity contribution in [2.45, 2.75) is 0 Å². The molecule has 0 fully saturated rings. The molecule has 98 valence electrons. The van der Waals surface area contributed by atoms with Crippen LogP contribution in [0.2, 0.25) is 0 Å². The Labute approximate surface area is 109 Å². The predicted molar refractivity (Wildman–Crippen MR) is 68.4 cm³/mol. The molecule has 0 aromatic heterocycles. The zero-order valence-electron chi connectivity index (χ0n) is 10.3. The molecule has 0 spiro atoms. The molecule has 5 nitrogen and oxygen atoms in total. The van der Waals surface area contributed by atoms with Crippen LogP contribution in [0.4, 0.5) is 0 Å². The average Bonchev–Trinajstić information content (AvgIpc) is 2.43. The maximum absolute atomic E-state index is 11.2. The first-order valence-corrected chi connectivity index (χ1v) is 5.57. The van der Waals surface area contributed by atoms with Gasteiger partial charge in [0.05, 0.1) is 7.11 Å². The molecule has 19 heavy (non-hydrogen) atoms. The Bertz CT molecular complexity index is 633. The van der Waals surface area contributed by atoms with Crippen molar-refractivity contribution in [3.8, 4) is 5.75 Å². The molecule has 0 aliphatic carbocycles. The lowest BCUT2D eigenvalue weighted by Gasteiger charge is -2.09. The van der Waals surface area contributed by atoms with Gasteiger partial charge in [-0.05, 0) is 22.9 Å². The van der Waals surface area contributed by atoms with Gasteiger partial charge in [0.2, 0.25) is 0 Å². The van der Waals surface area contributed by atoms with Crippen molar-refractivity contribution in [2.24, 2.45) is 0 Å². The summed E-state index contributed by atoms with van der Waals surface area (Å²) in [5.41, 5.74) is 0.0163. The van der Waals surface area contributed by atoms with Gasteiger partial charge in [0.1, 0.15) is 11.3 Å². The Morgan fingerprint density at radius 3 is 2.37 bits per heavy atom. The Hall–Kier alpha value is -2.56. The fraction of sp³-hybridized carbons (Fsp3) is 0.143. The molecule has 5 heteroatoms. The molecule has 0 saturated heterocycles. The zero-order valence-corrected chi connectivity index (χ0v) is 10.3. The Balaban J connectivity index is 2.42. The first-order valence-electron chi connectivity index (χ1n) is 5.57. The van der Waals surface area contributed by atoms with Crippen LogP contribution in [0.5, 0.6) is 5.75 Å². The summed E-state index contributed by atoms with van der Waals surface area (Å²) < 4.78 is 9.65. The highest BCUT2D eigenvalue weighted by Gasteiger charge is 2.14. The van der Waals surface area contributed by atoms with Gasteiger partial charge >= 0.3 is 11.9 Å². The van der Waals surface area contributed by atoms with Crippen LogP contribution in [0.1, 0.15) is 10.4 Å². The maximum atomic E-state index is 11.2. The van der Waals surface area contributed by atoms with Gasteiger partial charge in [-0.1, -0.05) is 24.3 Å². The van der Waals surface area contributed by atoms with E-state index >= 15 is 0 Å². The summed E-state index contributed by atoms with van der Waals surface area (Å²) in [5.74, 6) is -1.52. The molecule has 0 heterocycles. The highest BCUT2D eigenvalue weighted by molar-refractivity contribution is 5.97. The van der Waals surface area contributed by atoms with Gasteiger partial charge in [-0.2, -0.15) is 0 Å². The first kappa shape index (κ1) is 12.9. The van der Waals surface area contributed by atoms with Gasteiger partial charge in [0.15, 0.2) is 6.61 Å². The summed E-state index contributed by atoms with van der Waals surface area (Å²) >= 11 is 0. The van der Waals surface area contributed by atoms with Crippen LogP contribution in [0.25, 0.3) is 10.8 Å². The van der Waals surface area contributed by atoms with Crippen molar-refractivity contribution in [1.82, 2.24) is 0 Å². The van der Waals surface area contributed by atoms with E-state index in [1.54, 1.807) is 6.07 Å². The quantitative estimate of drug-likeness (QED) is 0.852. The number of methoxy groups -OCH3 is 1. The average molecular weight is 260 g/mol. The molecule has 0 radical (unpaired) electrons. The lowest BCUT2D eigenvalue weighted by atomic mass is 10.1. The van der Waals surface area contributed by atoms with E-state index in [9.17, 15) is 9.59 Å². The van der Waals surface area contributed by atoms with Gasteiger partial charge in [-0.25, -0.2) is 9.59 Å². The minimum absolute atomic E-state index is 0.0163. The number of ether oxygens (including phenoxy) is 2. The monoisotopic (exact) mass is 260 g/mol. The van der Waals surface area contributed by atoms with Crippen molar-refractivity contribution >= 4 is 22.7 Å². The molecule has 0 bridgehead atoms. The summed E-state index contributed by atoms with van der Waals surface area (Å²) in [5, 5.41) is 10.8. The molecular formula is C14H12O5. The summed E-state index contributed by atoms with van der Waals surface area (Å²) in [7, 11) is 1.24. The van der Waals surface area contributed by atoms with E-state index in [0.29, 0.717) is 0 Å². The molecule has 0 aliphatic rings.